The van der Waals surface area contributed by atoms with Crippen LogP contribution < -0.4 is 4.90 Å². The van der Waals surface area contributed by atoms with E-state index in [2.05, 4.69) is 10.2 Å². The normalized spacial score (nSPS) is 32.4. The predicted octanol–water partition coefficient (Wildman–Crippen LogP) is 2.57. The van der Waals surface area contributed by atoms with Gasteiger partial charge in [-0.2, -0.15) is 0 Å². The van der Waals surface area contributed by atoms with Gasteiger partial charge in [0.25, 0.3) is 5.91 Å². The van der Waals surface area contributed by atoms with Crippen molar-refractivity contribution in [2.24, 2.45) is 23.2 Å². The minimum Gasteiger partial charge on any atom is -0.465 e. The number of carboxylic acid groups (broad SMARTS) is 1. The maximum atomic E-state index is 13.0. The van der Waals surface area contributed by atoms with E-state index in [0.717, 1.165) is 24.3 Å². The predicted molar refractivity (Wildman–Crippen MR) is 111 cm³/mol. The van der Waals surface area contributed by atoms with Gasteiger partial charge in [-0.1, -0.05) is 0 Å². The molecule has 0 unspecified atom stereocenters. The minimum absolute atomic E-state index is 0.0551. The summed E-state index contributed by atoms with van der Waals surface area (Å²) in [6.07, 6.45) is 7.18. The van der Waals surface area contributed by atoms with E-state index < -0.39 is 6.09 Å². The highest BCUT2D eigenvalue weighted by molar-refractivity contribution is 5.92. The van der Waals surface area contributed by atoms with Gasteiger partial charge in [-0.05, 0) is 73.8 Å². The van der Waals surface area contributed by atoms with Crippen LogP contribution in [-0.2, 0) is 0 Å². The fraction of sp³-hybridized carbons (Fsp3) is 0.727. The van der Waals surface area contributed by atoms with Crippen LogP contribution >= 0.6 is 0 Å². The highest BCUT2D eigenvalue weighted by Crippen LogP contribution is 2.60. The van der Waals surface area contributed by atoms with Gasteiger partial charge < -0.3 is 19.8 Å². The zero-order valence-corrected chi connectivity index (χ0v) is 17.7. The van der Waals surface area contributed by atoms with E-state index in [1.54, 1.807) is 6.07 Å². The monoisotopic (exact) mass is 413 g/mol. The topological polar surface area (TPSA) is 89.9 Å². The molecule has 2 heterocycles. The molecule has 162 valence electrons. The first-order valence-corrected chi connectivity index (χ1v) is 11.2. The summed E-state index contributed by atoms with van der Waals surface area (Å²) in [6.45, 7) is 2.90. The number of piperazine rings is 1. The number of carbonyl (C=O) groups is 2. The molecule has 0 radical (unpaired) electrons. The number of hydrogen-bond acceptors (Lipinski definition) is 5. The molecule has 6 rings (SSSR count). The SMILES string of the molecule is CN(CC12CC3CC(CC(C3)C1)C2)C(=O)c1ccc(N2CCN(C(=O)O)CC2)nn1. The third kappa shape index (κ3) is 3.61. The van der Waals surface area contributed by atoms with Crippen molar-refractivity contribution in [2.45, 2.75) is 38.5 Å². The molecule has 30 heavy (non-hydrogen) atoms. The summed E-state index contributed by atoms with van der Waals surface area (Å²) in [6, 6.07) is 3.58. The number of anilines is 1. The molecule has 1 aliphatic heterocycles. The van der Waals surface area contributed by atoms with Crippen LogP contribution in [0.15, 0.2) is 12.1 Å². The summed E-state index contributed by atoms with van der Waals surface area (Å²) in [5, 5.41) is 17.5. The lowest BCUT2D eigenvalue weighted by atomic mass is 9.49. The number of amides is 2. The van der Waals surface area contributed by atoms with Gasteiger partial charge in [0.15, 0.2) is 11.5 Å². The molecule has 0 spiro atoms. The number of nitrogens with zero attached hydrogens (tertiary/aromatic N) is 5. The van der Waals surface area contributed by atoms with Gasteiger partial charge in [0.1, 0.15) is 0 Å². The lowest BCUT2D eigenvalue weighted by Gasteiger charge is -2.57. The number of aromatic nitrogens is 2. The van der Waals surface area contributed by atoms with Gasteiger partial charge in [0.05, 0.1) is 0 Å². The Kier molecular flexibility index (Phi) is 4.82. The van der Waals surface area contributed by atoms with E-state index in [-0.39, 0.29) is 5.91 Å². The molecule has 1 saturated heterocycles. The maximum Gasteiger partial charge on any atom is 0.407 e. The Bertz CT molecular complexity index is 783. The highest BCUT2D eigenvalue weighted by Gasteiger charge is 2.51. The lowest BCUT2D eigenvalue weighted by Crippen LogP contribution is -2.51. The average molecular weight is 414 g/mol. The third-order valence-corrected chi connectivity index (χ3v) is 7.83. The van der Waals surface area contributed by atoms with Crippen LogP contribution in [0.25, 0.3) is 0 Å². The van der Waals surface area contributed by atoms with Crippen LogP contribution in [-0.4, -0.2) is 76.9 Å². The zero-order valence-electron chi connectivity index (χ0n) is 17.7. The Morgan fingerprint density at radius 1 is 1.03 bits per heavy atom. The summed E-state index contributed by atoms with van der Waals surface area (Å²) in [5.41, 5.74) is 0.700. The smallest absolute Gasteiger partial charge is 0.407 e. The van der Waals surface area contributed by atoms with Crippen LogP contribution in [0, 0.1) is 23.2 Å². The van der Waals surface area contributed by atoms with Crippen molar-refractivity contribution >= 4 is 17.8 Å². The summed E-state index contributed by atoms with van der Waals surface area (Å²) in [5.74, 6) is 3.27. The van der Waals surface area contributed by atoms with Crippen molar-refractivity contribution in [3.8, 4) is 0 Å². The molecule has 1 aromatic heterocycles. The van der Waals surface area contributed by atoms with Crippen LogP contribution in [0.2, 0.25) is 0 Å². The quantitative estimate of drug-likeness (QED) is 0.816. The molecule has 1 aromatic rings. The molecule has 5 fully saturated rings. The highest BCUT2D eigenvalue weighted by atomic mass is 16.4. The maximum absolute atomic E-state index is 13.0. The molecule has 8 nitrogen and oxygen atoms in total. The first-order chi connectivity index (χ1) is 14.4. The van der Waals surface area contributed by atoms with Crippen molar-refractivity contribution in [1.82, 2.24) is 20.0 Å². The van der Waals surface area contributed by atoms with Crippen LogP contribution in [0.4, 0.5) is 10.6 Å². The van der Waals surface area contributed by atoms with E-state index in [4.69, 9.17) is 5.11 Å². The standard InChI is InChI=1S/C22H31N5O3/c1-25(14-22-11-15-8-16(12-22)10-17(9-15)13-22)20(28)18-2-3-19(24-23-18)26-4-6-27(7-5-26)21(29)30/h2-3,15-17H,4-14H2,1H3,(H,29,30). The second kappa shape index (κ2) is 7.39. The summed E-state index contributed by atoms with van der Waals surface area (Å²) < 4.78 is 0. The molecule has 8 heteroatoms. The molecule has 0 atom stereocenters. The van der Waals surface area contributed by atoms with Gasteiger partial charge in [-0.15, -0.1) is 10.2 Å². The van der Waals surface area contributed by atoms with E-state index >= 15 is 0 Å². The molecular formula is C22H31N5O3. The number of rotatable bonds is 4. The summed E-state index contributed by atoms with van der Waals surface area (Å²) >= 11 is 0. The van der Waals surface area contributed by atoms with E-state index in [9.17, 15) is 9.59 Å². The van der Waals surface area contributed by atoms with Crippen LogP contribution in [0.3, 0.4) is 0 Å². The minimum atomic E-state index is -0.885. The molecule has 0 aromatic carbocycles. The fourth-order valence-electron chi connectivity index (χ4n) is 6.99. The van der Waals surface area contributed by atoms with E-state index in [1.165, 1.54) is 43.4 Å². The van der Waals surface area contributed by atoms with Gasteiger partial charge >= 0.3 is 6.09 Å². The molecule has 1 N–H and O–H groups in total. The van der Waals surface area contributed by atoms with Gasteiger partial charge in [-0.25, -0.2) is 4.79 Å². The van der Waals surface area contributed by atoms with E-state index in [1.807, 2.05) is 22.9 Å². The number of hydrogen-bond donors (Lipinski definition) is 1. The van der Waals surface area contributed by atoms with Gasteiger partial charge in [0, 0.05) is 39.8 Å². The fourth-order valence-corrected chi connectivity index (χ4v) is 6.99. The summed E-state index contributed by atoms with van der Waals surface area (Å²) in [7, 11) is 1.90. The molecule has 5 aliphatic rings. The Morgan fingerprint density at radius 2 is 1.63 bits per heavy atom. The second-order valence-corrected chi connectivity index (χ2v) is 10.1. The van der Waals surface area contributed by atoms with Crippen LogP contribution in [0.5, 0.6) is 0 Å². The van der Waals surface area contributed by atoms with Gasteiger partial charge in [-0.3, -0.25) is 4.79 Å². The Labute approximate surface area is 177 Å². The van der Waals surface area contributed by atoms with Gasteiger partial charge in [0.2, 0.25) is 0 Å². The van der Waals surface area contributed by atoms with Crippen molar-refractivity contribution < 1.29 is 14.7 Å². The Morgan fingerprint density at radius 3 is 2.13 bits per heavy atom. The third-order valence-electron chi connectivity index (χ3n) is 7.83. The molecule has 4 aliphatic carbocycles. The molecule has 2 amide bonds. The average Bonchev–Trinajstić information content (AvgIpc) is 2.72. The van der Waals surface area contributed by atoms with Crippen molar-refractivity contribution in [3.05, 3.63) is 17.8 Å². The molecular weight excluding hydrogens is 382 g/mol. The van der Waals surface area contributed by atoms with Crippen molar-refractivity contribution in [2.75, 3.05) is 44.7 Å². The van der Waals surface area contributed by atoms with Crippen molar-refractivity contribution in [1.29, 1.82) is 0 Å². The van der Waals surface area contributed by atoms with Crippen molar-refractivity contribution in [3.63, 3.8) is 0 Å². The van der Waals surface area contributed by atoms with E-state index in [0.29, 0.717) is 43.1 Å². The zero-order chi connectivity index (χ0) is 20.9. The Balaban J connectivity index is 1.21. The largest absolute Gasteiger partial charge is 0.465 e. The first kappa shape index (κ1) is 19.6. The second-order valence-electron chi connectivity index (χ2n) is 10.1. The molecule has 4 saturated carbocycles. The number of carbonyl (C=O) groups excluding carboxylic acids is 1. The summed E-state index contributed by atoms with van der Waals surface area (Å²) in [4.78, 5) is 29.3. The Hall–Kier alpha value is -2.38. The first-order valence-electron chi connectivity index (χ1n) is 11.2. The lowest BCUT2D eigenvalue weighted by molar-refractivity contribution is -0.0629. The molecule has 4 bridgehead atoms. The van der Waals surface area contributed by atoms with Crippen LogP contribution in [0.1, 0.15) is 49.0 Å².